The monoisotopic (exact) mass is 276 g/mol. The summed E-state index contributed by atoms with van der Waals surface area (Å²) < 4.78 is 0. The molecule has 0 aliphatic carbocycles. The molecule has 0 saturated heterocycles. The smallest absolute Gasteiger partial charge is 0 e. The zero-order chi connectivity index (χ0) is 5.11. The van der Waals surface area contributed by atoms with Crippen LogP contribution >= 0.6 is 0 Å². The van der Waals surface area contributed by atoms with Gasteiger partial charge in [0.05, 0.1) is 0 Å². The van der Waals surface area contributed by atoms with Gasteiger partial charge in [0.25, 0.3) is 0 Å². The van der Waals surface area contributed by atoms with Crippen molar-refractivity contribution in [3.05, 3.63) is 30.3 Å². The minimum atomic E-state index is 0. The summed E-state index contributed by atoms with van der Waals surface area (Å²) in [4.78, 5) is 0. The minimum Gasteiger partial charge on any atom is -0.420 e. The van der Waals surface area contributed by atoms with Gasteiger partial charge in [-0.2, -0.15) is 24.3 Å². The van der Waals surface area contributed by atoms with E-state index < -0.39 is 0 Å². The van der Waals surface area contributed by atoms with Gasteiger partial charge in [-0.1, -0.05) is 5.69 Å². The van der Waals surface area contributed by atoms with Gasteiger partial charge in [0.2, 0.25) is 0 Å². The van der Waals surface area contributed by atoms with E-state index in [0.717, 1.165) is 0 Å². The molecule has 1 aromatic carbocycles. The van der Waals surface area contributed by atoms with Gasteiger partial charge in [-0.3, -0.25) is 0 Å². The van der Waals surface area contributed by atoms with Crippen molar-refractivity contribution in [2.24, 2.45) is 0 Å². The Labute approximate surface area is 63.2 Å². The molecule has 0 aliphatic rings. The topological polar surface area (TPSA) is 26.0 Å². The molecule has 1 nitrogen and oxygen atoms in total. The Morgan fingerprint density at radius 1 is 1.38 bits per heavy atom. The van der Waals surface area contributed by atoms with E-state index >= 15 is 0 Å². The van der Waals surface area contributed by atoms with Gasteiger partial charge in [0.15, 0.2) is 0 Å². The van der Waals surface area contributed by atoms with Gasteiger partial charge in [-0.15, -0.1) is 6.07 Å². The second kappa shape index (κ2) is 3.68. The van der Waals surface area contributed by atoms with Crippen LogP contribution < -0.4 is 5.73 Å². The quantitative estimate of drug-likeness (QED) is 0.556. The van der Waals surface area contributed by atoms with Gasteiger partial charge >= 0.3 is 0 Å². The predicted molar refractivity (Wildman–Crippen MR) is 29.7 cm³/mol. The van der Waals surface area contributed by atoms with Crippen LogP contribution in [0.4, 0.5) is 5.69 Å². The van der Waals surface area contributed by atoms with Crippen molar-refractivity contribution < 1.29 is 21.1 Å². The molecule has 2 N–H and O–H groups in total. The summed E-state index contributed by atoms with van der Waals surface area (Å²) in [6.45, 7) is 0. The average Bonchev–Trinajstić information content (AvgIpc) is 1.69. The van der Waals surface area contributed by atoms with Crippen LogP contribution in [0.1, 0.15) is 0 Å². The van der Waals surface area contributed by atoms with Crippen molar-refractivity contribution in [1.29, 1.82) is 0 Å². The third kappa shape index (κ3) is 2.13. The Morgan fingerprint density at radius 2 is 2.12 bits per heavy atom. The average molecular weight is 276 g/mol. The molecule has 42 valence electrons. The SMILES string of the molecule is Nc1[c-]cccc1.[W]. The molecule has 0 spiro atoms. The molecule has 0 amide bonds. The molecule has 0 radical (unpaired) electrons. The van der Waals surface area contributed by atoms with Gasteiger partial charge in [0.1, 0.15) is 0 Å². The van der Waals surface area contributed by atoms with Crippen LogP contribution in [0.3, 0.4) is 0 Å². The fourth-order valence-electron chi connectivity index (χ4n) is 0.407. The molecular formula is C6H6NW-. The molecule has 0 aromatic heterocycles. The number of benzene rings is 1. The fraction of sp³-hybridized carbons (Fsp3) is 0. The molecule has 0 unspecified atom stereocenters. The first-order valence-electron chi connectivity index (χ1n) is 2.12. The second-order valence-corrected chi connectivity index (χ2v) is 1.32. The summed E-state index contributed by atoms with van der Waals surface area (Å²) in [5, 5.41) is 0. The Hall–Kier alpha value is -0.292. The fourth-order valence-corrected chi connectivity index (χ4v) is 0.407. The van der Waals surface area contributed by atoms with Crippen molar-refractivity contribution in [2.45, 2.75) is 0 Å². The molecule has 0 bridgehead atoms. The maximum atomic E-state index is 5.30. The molecule has 1 aromatic rings. The number of para-hydroxylation sites is 1. The van der Waals surface area contributed by atoms with Crippen LogP contribution in [0.15, 0.2) is 24.3 Å². The van der Waals surface area contributed by atoms with Gasteiger partial charge in [0, 0.05) is 21.1 Å². The Kier molecular flexibility index (Phi) is 3.54. The molecule has 0 aliphatic heterocycles. The number of hydrogen-bond donors (Lipinski definition) is 1. The van der Waals surface area contributed by atoms with Gasteiger partial charge in [-0.25, -0.2) is 0 Å². The third-order valence-electron chi connectivity index (χ3n) is 0.733. The zero-order valence-electron chi connectivity index (χ0n) is 4.29. The Balaban J connectivity index is 0.000000490. The summed E-state index contributed by atoms with van der Waals surface area (Å²) in [7, 11) is 0. The first-order valence-corrected chi connectivity index (χ1v) is 2.12. The predicted octanol–water partition coefficient (Wildman–Crippen LogP) is 1.07. The van der Waals surface area contributed by atoms with Crippen LogP contribution in [0.2, 0.25) is 0 Å². The molecule has 2 heteroatoms. The molecule has 0 fully saturated rings. The van der Waals surface area contributed by atoms with E-state index in [1.807, 2.05) is 12.1 Å². The van der Waals surface area contributed by atoms with Gasteiger partial charge in [-0.05, 0) is 0 Å². The third-order valence-corrected chi connectivity index (χ3v) is 0.733. The second-order valence-electron chi connectivity index (χ2n) is 1.32. The summed E-state index contributed by atoms with van der Waals surface area (Å²) in [5.41, 5.74) is 6.00. The first kappa shape index (κ1) is 7.71. The van der Waals surface area contributed by atoms with Crippen molar-refractivity contribution in [1.82, 2.24) is 0 Å². The van der Waals surface area contributed by atoms with E-state index in [1.54, 1.807) is 12.1 Å². The molecular weight excluding hydrogens is 270 g/mol. The van der Waals surface area contributed by atoms with Crippen LogP contribution in [0.25, 0.3) is 0 Å². The maximum Gasteiger partial charge on any atom is 0 e. The summed E-state index contributed by atoms with van der Waals surface area (Å²) in [6, 6.07) is 10.2. The summed E-state index contributed by atoms with van der Waals surface area (Å²) >= 11 is 0. The van der Waals surface area contributed by atoms with Crippen molar-refractivity contribution in [2.75, 3.05) is 5.73 Å². The van der Waals surface area contributed by atoms with E-state index in [-0.39, 0.29) is 21.1 Å². The number of hydrogen-bond acceptors (Lipinski definition) is 1. The Bertz CT molecular complexity index is 138. The molecule has 0 atom stereocenters. The number of anilines is 1. The van der Waals surface area contributed by atoms with E-state index in [0.29, 0.717) is 5.69 Å². The first-order chi connectivity index (χ1) is 3.39. The van der Waals surface area contributed by atoms with E-state index in [4.69, 9.17) is 5.73 Å². The van der Waals surface area contributed by atoms with Crippen molar-refractivity contribution in [3.8, 4) is 0 Å². The van der Waals surface area contributed by atoms with Crippen LogP contribution in [-0.4, -0.2) is 0 Å². The standard InChI is InChI=1S/C6H6N.W/c7-6-4-2-1-3-5-6;/h1-4H,7H2;/q-1;. The number of rotatable bonds is 0. The normalized spacial score (nSPS) is 7.50. The number of nitrogen functional groups attached to an aromatic ring is 1. The largest absolute Gasteiger partial charge is 0.420 e. The van der Waals surface area contributed by atoms with Crippen molar-refractivity contribution in [3.63, 3.8) is 0 Å². The maximum absolute atomic E-state index is 5.30. The van der Waals surface area contributed by atoms with Gasteiger partial charge < -0.3 is 5.73 Å². The van der Waals surface area contributed by atoms with E-state index in [1.165, 1.54) is 0 Å². The van der Waals surface area contributed by atoms with Crippen LogP contribution in [-0.2, 0) is 21.1 Å². The zero-order valence-corrected chi connectivity index (χ0v) is 7.23. The van der Waals surface area contributed by atoms with Crippen LogP contribution in [0.5, 0.6) is 0 Å². The van der Waals surface area contributed by atoms with E-state index in [9.17, 15) is 0 Å². The molecule has 1 rings (SSSR count). The summed E-state index contributed by atoms with van der Waals surface area (Å²) in [5.74, 6) is 0. The minimum absolute atomic E-state index is 0. The Morgan fingerprint density at radius 3 is 2.38 bits per heavy atom. The summed E-state index contributed by atoms with van der Waals surface area (Å²) in [6.07, 6.45) is 0. The van der Waals surface area contributed by atoms with E-state index in [2.05, 4.69) is 6.07 Å². The van der Waals surface area contributed by atoms with Crippen LogP contribution in [0, 0.1) is 6.07 Å². The molecule has 0 saturated carbocycles. The molecule has 8 heavy (non-hydrogen) atoms. The van der Waals surface area contributed by atoms with Crippen molar-refractivity contribution >= 4 is 5.69 Å². The number of nitrogens with two attached hydrogens (primary N) is 1. The molecule has 0 heterocycles.